The highest BCUT2D eigenvalue weighted by Crippen LogP contribution is 2.42. The second kappa shape index (κ2) is 8.39. The van der Waals surface area contributed by atoms with E-state index >= 15 is 0 Å². The summed E-state index contributed by atoms with van der Waals surface area (Å²) in [4.78, 5) is 31.3. The van der Waals surface area contributed by atoms with E-state index in [1.807, 2.05) is 37.4 Å². The van der Waals surface area contributed by atoms with Crippen LogP contribution in [0.25, 0.3) is 11.3 Å². The van der Waals surface area contributed by atoms with Gasteiger partial charge in [0.2, 0.25) is 5.91 Å². The van der Waals surface area contributed by atoms with Crippen molar-refractivity contribution in [3.05, 3.63) is 57.4 Å². The lowest BCUT2D eigenvalue weighted by Gasteiger charge is -2.16. The van der Waals surface area contributed by atoms with E-state index in [9.17, 15) is 9.59 Å². The molecule has 0 spiro atoms. The molecule has 6 nitrogen and oxygen atoms in total. The molecule has 1 unspecified atom stereocenters. The minimum atomic E-state index is -0.789. The van der Waals surface area contributed by atoms with Crippen molar-refractivity contribution in [2.75, 3.05) is 17.3 Å². The van der Waals surface area contributed by atoms with Crippen molar-refractivity contribution in [3.8, 4) is 17.0 Å². The molecule has 0 bridgehead atoms. The van der Waals surface area contributed by atoms with Gasteiger partial charge in [-0.25, -0.2) is 4.98 Å². The molecule has 166 valence electrons. The zero-order chi connectivity index (χ0) is 23.2. The molecule has 32 heavy (non-hydrogen) atoms. The first-order valence-electron chi connectivity index (χ1n) is 9.89. The van der Waals surface area contributed by atoms with Crippen LogP contribution in [0.15, 0.2) is 41.8 Å². The molecular formula is C23H21Cl2N3O3S. The molecule has 1 atom stereocenters. The zero-order valence-corrected chi connectivity index (χ0v) is 20.2. The highest BCUT2D eigenvalue weighted by molar-refractivity contribution is 7.14. The molecule has 1 aromatic heterocycles. The molecule has 2 heterocycles. The normalized spacial score (nSPS) is 15.4. The summed E-state index contributed by atoms with van der Waals surface area (Å²) in [7, 11) is 1.78. The summed E-state index contributed by atoms with van der Waals surface area (Å²) in [6, 6.07) is 10.7. The summed E-state index contributed by atoms with van der Waals surface area (Å²) in [6.07, 6.45) is -0.789. The van der Waals surface area contributed by atoms with Crippen LogP contribution >= 0.6 is 34.5 Å². The van der Waals surface area contributed by atoms with Gasteiger partial charge in [0.1, 0.15) is 5.75 Å². The molecule has 9 heteroatoms. The Hall–Kier alpha value is -2.61. The highest BCUT2D eigenvalue weighted by Gasteiger charge is 2.42. The van der Waals surface area contributed by atoms with Gasteiger partial charge >= 0.3 is 0 Å². The van der Waals surface area contributed by atoms with Gasteiger partial charge in [0.25, 0.3) is 5.91 Å². The van der Waals surface area contributed by atoms with E-state index < -0.39 is 11.5 Å². The van der Waals surface area contributed by atoms with Gasteiger partial charge in [-0.05, 0) is 56.7 Å². The maximum absolute atomic E-state index is 12.6. The molecule has 1 aliphatic rings. The van der Waals surface area contributed by atoms with Gasteiger partial charge in [0.05, 0.1) is 16.1 Å². The van der Waals surface area contributed by atoms with Crippen LogP contribution in [0.1, 0.15) is 26.3 Å². The van der Waals surface area contributed by atoms with Crippen LogP contribution in [0, 0.1) is 0 Å². The number of thiazole rings is 1. The molecule has 0 saturated heterocycles. The van der Waals surface area contributed by atoms with E-state index in [1.165, 1.54) is 11.3 Å². The van der Waals surface area contributed by atoms with E-state index in [1.54, 1.807) is 37.1 Å². The van der Waals surface area contributed by atoms with Crippen molar-refractivity contribution in [1.82, 2.24) is 4.98 Å². The monoisotopic (exact) mass is 489 g/mol. The molecule has 3 aromatic rings. The number of nitrogens with zero attached hydrogens (tertiary/aromatic N) is 2. The third-order valence-electron chi connectivity index (χ3n) is 5.47. The van der Waals surface area contributed by atoms with Crippen LogP contribution in [0.2, 0.25) is 10.0 Å². The van der Waals surface area contributed by atoms with Crippen molar-refractivity contribution in [2.24, 2.45) is 0 Å². The molecule has 0 saturated carbocycles. The van der Waals surface area contributed by atoms with E-state index in [0.717, 1.165) is 22.5 Å². The predicted molar refractivity (Wildman–Crippen MR) is 129 cm³/mol. The average Bonchev–Trinajstić information content (AvgIpc) is 3.28. The Bertz CT molecular complexity index is 1220. The molecule has 0 aliphatic carbocycles. The van der Waals surface area contributed by atoms with E-state index in [2.05, 4.69) is 10.3 Å². The first kappa shape index (κ1) is 22.6. The second-order valence-corrected chi connectivity index (χ2v) is 9.78. The van der Waals surface area contributed by atoms with Crippen molar-refractivity contribution in [2.45, 2.75) is 32.3 Å². The van der Waals surface area contributed by atoms with Crippen molar-refractivity contribution >= 4 is 57.2 Å². The van der Waals surface area contributed by atoms with Gasteiger partial charge in [0.15, 0.2) is 11.2 Å². The number of aromatic nitrogens is 1. The third kappa shape index (κ3) is 4.08. The number of hydrogen-bond acceptors (Lipinski definition) is 5. The van der Waals surface area contributed by atoms with E-state index in [0.29, 0.717) is 20.9 Å². The van der Waals surface area contributed by atoms with E-state index in [-0.39, 0.29) is 11.8 Å². The van der Waals surface area contributed by atoms with Crippen LogP contribution in [-0.2, 0) is 15.0 Å². The maximum atomic E-state index is 12.6. The van der Waals surface area contributed by atoms with Crippen molar-refractivity contribution in [1.29, 1.82) is 0 Å². The topological polar surface area (TPSA) is 71.5 Å². The van der Waals surface area contributed by atoms with Crippen LogP contribution in [-0.4, -0.2) is 29.9 Å². The van der Waals surface area contributed by atoms with Gasteiger partial charge in [-0.15, -0.1) is 11.3 Å². The lowest BCUT2D eigenvalue weighted by Crippen LogP contribution is -2.33. The third-order valence-corrected chi connectivity index (χ3v) is 6.76. The van der Waals surface area contributed by atoms with Crippen LogP contribution < -0.4 is 15.0 Å². The molecule has 1 aliphatic heterocycles. The number of fused-ring (bicyclic) bond motifs is 1. The quantitative estimate of drug-likeness (QED) is 0.493. The Labute approximate surface area is 200 Å². The fourth-order valence-corrected chi connectivity index (χ4v) is 4.79. The summed E-state index contributed by atoms with van der Waals surface area (Å²) in [5.41, 5.74) is 2.87. The zero-order valence-electron chi connectivity index (χ0n) is 17.9. The SMILES string of the molecule is CC(Oc1ccc(Cl)cc1Cl)C(=O)Nc1nc(-c2ccc3c(c2)C(C)(C)C(=O)N3C)cs1. The Morgan fingerprint density at radius 3 is 2.69 bits per heavy atom. The van der Waals surface area contributed by atoms with Crippen LogP contribution in [0.3, 0.4) is 0 Å². The van der Waals surface area contributed by atoms with Gasteiger partial charge < -0.3 is 9.64 Å². The van der Waals surface area contributed by atoms with Crippen molar-refractivity contribution < 1.29 is 14.3 Å². The second-order valence-electron chi connectivity index (χ2n) is 8.08. The number of ether oxygens (including phenoxy) is 1. The number of carbonyl (C=O) groups excluding carboxylic acids is 2. The first-order valence-corrected chi connectivity index (χ1v) is 11.5. The average molecular weight is 490 g/mol. The lowest BCUT2D eigenvalue weighted by atomic mass is 9.85. The first-order chi connectivity index (χ1) is 15.1. The lowest BCUT2D eigenvalue weighted by molar-refractivity contribution is -0.122. The number of benzene rings is 2. The Kier molecular flexibility index (Phi) is 5.92. The van der Waals surface area contributed by atoms with Gasteiger partial charge in [-0.3, -0.25) is 14.9 Å². The summed E-state index contributed by atoms with van der Waals surface area (Å²) < 4.78 is 5.66. The Balaban J connectivity index is 1.48. The Morgan fingerprint density at radius 1 is 1.22 bits per heavy atom. The molecule has 1 N–H and O–H groups in total. The standard InChI is InChI=1S/C23H21Cl2N3O3S/c1-12(31-19-8-6-14(24)10-16(19)25)20(29)27-22-26-17(11-32-22)13-5-7-18-15(9-13)23(2,3)21(30)28(18)4/h5-12H,1-4H3,(H,26,27,29). The number of halogens is 2. The fourth-order valence-electron chi connectivity index (χ4n) is 3.62. The van der Waals surface area contributed by atoms with Crippen LogP contribution in [0.5, 0.6) is 5.75 Å². The molecule has 2 amide bonds. The van der Waals surface area contributed by atoms with Gasteiger partial charge in [-0.2, -0.15) is 0 Å². The molecule has 2 aromatic carbocycles. The number of likely N-dealkylation sites (N-methyl/N-ethyl adjacent to an activating group) is 1. The van der Waals surface area contributed by atoms with Gasteiger partial charge in [-0.1, -0.05) is 29.3 Å². The highest BCUT2D eigenvalue weighted by atomic mass is 35.5. The summed E-state index contributed by atoms with van der Waals surface area (Å²) in [5.74, 6) is 0.0868. The molecule has 0 fully saturated rings. The largest absolute Gasteiger partial charge is 0.479 e. The van der Waals surface area contributed by atoms with Crippen LogP contribution in [0.4, 0.5) is 10.8 Å². The minimum absolute atomic E-state index is 0.0608. The molecule has 4 rings (SSSR count). The predicted octanol–water partition coefficient (Wildman–Crippen LogP) is 5.78. The number of anilines is 2. The fraction of sp³-hybridized carbons (Fsp3) is 0.261. The van der Waals surface area contributed by atoms with Crippen molar-refractivity contribution in [3.63, 3.8) is 0 Å². The number of carbonyl (C=O) groups is 2. The molecule has 0 radical (unpaired) electrons. The number of rotatable bonds is 5. The summed E-state index contributed by atoms with van der Waals surface area (Å²) in [6.45, 7) is 5.47. The smallest absolute Gasteiger partial charge is 0.266 e. The Morgan fingerprint density at radius 2 is 1.97 bits per heavy atom. The number of hydrogen-bond donors (Lipinski definition) is 1. The summed E-state index contributed by atoms with van der Waals surface area (Å²) >= 11 is 13.3. The summed E-state index contributed by atoms with van der Waals surface area (Å²) in [5, 5.41) is 5.92. The number of nitrogens with one attached hydrogen (secondary N) is 1. The van der Waals surface area contributed by atoms with E-state index in [4.69, 9.17) is 27.9 Å². The minimum Gasteiger partial charge on any atom is -0.479 e. The number of amides is 2. The van der Waals surface area contributed by atoms with Gasteiger partial charge in [0, 0.05) is 28.7 Å². The maximum Gasteiger partial charge on any atom is 0.266 e. The molecular weight excluding hydrogens is 469 g/mol.